The van der Waals surface area contributed by atoms with Gasteiger partial charge in [-0.25, -0.2) is 4.57 Å². The summed E-state index contributed by atoms with van der Waals surface area (Å²) in [5, 5.41) is 2.72. The predicted octanol–water partition coefficient (Wildman–Crippen LogP) is 10.4. The Morgan fingerprint density at radius 3 is 1.98 bits per heavy atom. The lowest BCUT2D eigenvalue weighted by Crippen LogP contribution is -2.59. The lowest BCUT2D eigenvalue weighted by atomic mass is 9.35. The highest BCUT2D eigenvalue weighted by Crippen LogP contribution is 2.43. The van der Waals surface area contributed by atoms with Crippen LogP contribution >= 0.6 is 11.8 Å². The van der Waals surface area contributed by atoms with Crippen molar-refractivity contribution in [1.82, 2.24) is 4.57 Å². The van der Waals surface area contributed by atoms with Crippen LogP contribution in [0.15, 0.2) is 113 Å². The molecule has 2 aliphatic rings. The molecule has 0 saturated heterocycles. The van der Waals surface area contributed by atoms with Gasteiger partial charge in [-0.1, -0.05) is 122 Å². The number of hydrogen-bond acceptors (Lipinski definition) is 1. The van der Waals surface area contributed by atoms with E-state index in [2.05, 4.69) is 189 Å². The summed E-state index contributed by atoms with van der Waals surface area (Å²) in [6.45, 7) is 23.4. The Morgan fingerprint density at radius 2 is 1.26 bits per heavy atom. The van der Waals surface area contributed by atoms with Crippen molar-refractivity contribution < 1.29 is 4.57 Å². The summed E-state index contributed by atoms with van der Waals surface area (Å²) in [5.41, 5.74) is 18.8. The number of fused-ring (bicyclic) bond motifs is 7. The van der Waals surface area contributed by atoms with E-state index < -0.39 is 0 Å². The van der Waals surface area contributed by atoms with Crippen molar-refractivity contribution in [2.45, 2.75) is 95.3 Å². The smallest absolute Gasteiger partial charge is 0.249 e. The van der Waals surface area contributed by atoms with Crippen LogP contribution in [0, 0.1) is 6.92 Å². The van der Waals surface area contributed by atoms with Gasteiger partial charge in [-0.15, -0.1) is 0 Å². The molecular weight excluding hydrogens is 659 g/mol. The zero-order chi connectivity index (χ0) is 37.4. The van der Waals surface area contributed by atoms with E-state index in [1.54, 1.807) is 0 Å². The maximum atomic E-state index is 2.63. The lowest BCUT2D eigenvalue weighted by molar-refractivity contribution is -0.660. The topological polar surface area (TPSA) is 8.81 Å². The first-order valence-corrected chi connectivity index (χ1v) is 20.0. The predicted molar refractivity (Wildman–Crippen MR) is 229 cm³/mol. The molecule has 4 heterocycles. The lowest BCUT2D eigenvalue weighted by Gasteiger charge is -2.35. The van der Waals surface area contributed by atoms with Crippen molar-refractivity contribution >= 4 is 56.7 Å². The Hall–Kier alpha value is -4.54. The SMILES string of the molecule is Cc1ccccc1-c1cc(-c2cc3c4c(c2)-n2c5ccc(C(C)(C)C)cc5c5cc(C(C)(C)C)cc(c52)B4c2cc(C(C)(C)C)ccc2S3)cc[n+]1C. The first-order valence-electron chi connectivity index (χ1n) is 19.2. The zero-order valence-electron chi connectivity index (χ0n) is 33.2. The largest absolute Gasteiger partial charge is 0.310 e. The van der Waals surface area contributed by atoms with Crippen molar-refractivity contribution in [3.8, 4) is 28.1 Å². The third kappa shape index (κ3) is 5.35. The molecule has 2 nitrogen and oxygen atoms in total. The molecule has 264 valence electrons. The number of nitrogens with zero attached hydrogens (tertiary/aromatic N) is 2. The fourth-order valence-corrected chi connectivity index (χ4v) is 9.88. The second-order valence-corrected chi connectivity index (χ2v) is 19.8. The van der Waals surface area contributed by atoms with Crippen LogP contribution < -0.4 is 21.0 Å². The van der Waals surface area contributed by atoms with Gasteiger partial charge in [0.1, 0.15) is 7.05 Å². The number of benzene rings is 5. The minimum atomic E-state index is 0.00544. The minimum absolute atomic E-state index is 0.00544. The summed E-state index contributed by atoms with van der Waals surface area (Å²) in [7, 11) is 2.16. The van der Waals surface area contributed by atoms with Gasteiger partial charge < -0.3 is 4.57 Å². The molecule has 2 aromatic heterocycles. The fourth-order valence-electron chi connectivity index (χ4n) is 8.69. The molecule has 0 atom stereocenters. The average Bonchev–Trinajstić information content (AvgIpc) is 3.43. The first-order chi connectivity index (χ1) is 25.0. The highest BCUT2D eigenvalue weighted by atomic mass is 32.2. The fraction of sp³-hybridized carbons (Fsp3) is 0.286. The number of aromatic nitrogens is 2. The Kier molecular flexibility index (Phi) is 7.42. The molecule has 0 N–H and O–H groups in total. The van der Waals surface area contributed by atoms with Gasteiger partial charge in [0.25, 0.3) is 0 Å². The Balaban J connectivity index is 1.40. The zero-order valence-corrected chi connectivity index (χ0v) is 34.0. The molecule has 0 saturated carbocycles. The highest BCUT2D eigenvalue weighted by Gasteiger charge is 2.41. The number of hydrogen-bond donors (Lipinski definition) is 0. The normalized spacial score (nSPS) is 13.8. The molecule has 0 amide bonds. The molecular formula is C49H50BN2S+. The van der Waals surface area contributed by atoms with Crippen LogP contribution in [0.1, 0.15) is 84.6 Å². The van der Waals surface area contributed by atoms with E-state index in [1.807, 2.05) is 11.8 Å². The second kappa shape index (κ2) is 11.5. The third-order valence-electron chi connectivity index (χ3n) is 11.9. The molecule has 53 heavy (non-hydrogen) atoms. The summed E-state index contributed by atoms with van der Waals surface area (Å²) >= 11 is 1.95. The van der Waals surface area contributed by atoms with E-state index in [-0.39, 0.29) is 23.0 Å². The van der Waals surface area contributed by atoms with Crippen molar-refractivity contribution in [3.63, 3.8) is 0 Å². The van der Waals surface area contributed by atoms with E-state index >= 15 is 0 Å². The highest BCUT2D eigenvalue weighted by molar-refractivity contribution is 8.00. The molecule has 0 spiro atoms. The maximum absolute atomic E-state index is 2.63. The Labute approximate surface area is 320 Å². The van der Waals surface area contributed by atoms with E-state index in [1.165, 1.54) is 98.3 Å². The van der Waals surface area contributed by atoms with Crippen molar-refractivity contribution in [3.05, 3.63) is 126 Å². The summed E-state index contributed by atoms with van der Waals surface area (Å²) in [6.07, 6.45) is 2.22. The summed E-state index contributed by atoms with van der Waals surface area (Å²) < 4.78 is 4.88. The second-order valence-electron chi connectivity index (χ2n) is 18.7. The van der Waals surface area contributed by atoms with Crippen LogP contribution in [-0.2, 0) is 23.3 Å². The number of aryl methyl sites for hydroxylation is 2. The third-order valence-corrected chi connectivity index (χ3v) is 13.0. The van der Waals surface area contributed by atoms with E-state index in [9.17, 15) is 0 Å². The van der Waals surface area contributed by atoms with Crippen LogP contribution in [-0.4, -0.2) is 11.3 Å². The monoisotopic (exact) mass is 709 g/mol. The Bertz CT molecular complexity index is 2670. The van der Waals surface area contributed by atoms with Gasteiger partial charge >= 0.3 is 0 Å². The number of rotatable bonds is 2. The molecule has 7 aromatic rings. The van der Waals surface area contributed by atoms with Gasteiger partial charge in [0.2, 0.25) is 12.4 Å². The van der Waals surface area contributed by atoms with Gasteiger partial charge in [0.05, 0.1) is 5.52 Å². The van der Waals surface area contributed by atoms with Crippen LogP contribution in [0.2, 0.25) is 0 Å². The average molecular weight is 710 g/mol. The van der Waals surface area contributed by atoms with Gasteiger partial charge in [-0.3, -0.25) is 0 Å². The van der Waals surface area contributed by atoms with Gasteiger partial charge in [0.15, 0.2) is 6.20 Å². The van der Waals surface area contributed by atoms with Gasteiger partial charge in [-0.05, 0) is 110 Å². The standard InChI is InChI=1S/C49H50BN2S/c1-29-14-12-13-15-35(29)41-22-30(20-21-51(41)11)31-23-42-45-44(24-31)53-43-19-17-33(48(5,6)7)27-38(43)50(45)39-28-34(49(8,9)10)26-37-36-25-32(47(2,3)4)16-18-40(36)52(42)46(37)39/h12-28H,1-11H3/q+1. The summed E-state index contributed by atoms with van der Waals surface area (Å²) in [5.74, 6) is 0. The summed E-state index contributed by atoms with van der Waals surface area (Å²) in [6, 6.07) is 38.0. The molecule has 0 unspecified atom stereocenters. The molecule has 5 aromatic carbocycles. The van der Waals surface area contributed by atoms with Crippen molar-refractivity contribution in [1.29, 1.82) is 0 Å². The van der Waals surface area contributed by atoms with Crippen LogP contribution in [0.25, 0.3) is 49.9 Å². The van der Waals surface area contributed by atoms with Crippen LogP contribution in [0.3, 0.4) is 0 Å². The summed E-state index contributed by atoms with van der Waals surface area (Å²) in [4.78, 5) is 2.73. The van der Waals surface area contributed by atoms with E-state index in [4.69, 9.17) is 0 Å². The number of pyridine rings is 1. The van der Waals surface area contributed by atoms with Crippen molar-refractivity contribution in [2.24, 2.45) is 7.05 Å². The molecule has 0 bridgehead atoms. The Morgan fingerprint density at radius 1 is 0.604 bits per heavy atom. The van der Waals surface area contributed by atoms with Crippen LogP contribution in [0.4, 0.5) is 0 Å². The molecule has 0 radical (unpaired) electrons. The molecule has 9 rings (SSSR count). The molecule has 4 heteroatoms. The van der Waals surface area contributed by atoms with Gasteiger partial charge in [-0.2, -0.15) is 0 Å². The van der Waals surface area contributed by atoms with Crippen molar-refractivity contribution in [2.75, 3.05) is 0 Å². The molecule has 0 fully saturated rings. The minimum Gasteiger partial charge on any atom is -0.310 e. The molecule has 0 aliphatic carbocycles. The molecule has 2 aliphatic heterocycles. The first kappa shape index (κ1) is 34.2. The van der Waals surface area contributed by atoms with E-state index in [0.717, 1.165) is 0 Å². The maximum Gasteiger partial charge on any atom is 0.249 e. The van der Waals surface area contributed by atoms with E-state index in [0.29, 0.717) is 0 Å². The quantitative estimate of drug-likeness (QED) is 0.128. The van der Waals surface area contributed by atoms with Crippen LogP contribution in [0.5, 0.6) is 0 Å². The van der Waals surface area contributed by atoms with Gasteiger partial charge in [0, 0.05) is 49.5 Å².